The summed E-state index contributed by atoms with van der Waals surface area (Å²) in [6, 6.07) is 29.9. The minimum Gasteiger partial charge on any atom is -0.315 e. The number of fused-ring (bicyclic) bond motifs is 2. The van der Waals surface area contributed by atoms with E-state index in [1.165, 1.54) is 33.2 Å². The quantitative estimate of drug-likeness (QED) is 0.256. The Kier molecular flexibility index (Phi) is 10.6. The standard InChI is InChI=1S/C22H16N2.3CO.Cr/c1-3-9-19-17(7-1)13-15-23(19)21-11-5-6-12-22(21)24-16-14-18-8-2-4-10-20(18)24;3*1-2;/h1-16H;;;;. The van der Waals surface area contributed by atoms with Crippen LogP contribution in [0, 0.1) is 20.0 Å². The van der Waals surface area contributed by atoms with Gasteiger partial charge in [-0.2, -0.15) is 0 Å². The largest absolute Gasteiger partial charge is 0.315 e. The van der Waals surface area contributed by atoms with Crippen molar-refractivity contribution in [1.82, 2.24) is 9.13 Å². The van der Waals surface area contributed by atoms with Gasteiger partial charge in [0.05, 0.1) is 22.4 Å². The summed E-state index contributed by atoms with van der Waals surface area (Å²) in [5, 5.41) is 2.51. The average molecular weight is 444 g/mol. The van der Waals surface area contributed by atoms with E-state index in [2.05, 4.69) is 126 Å². The van der Waals surface area contributed by atoms with Gasteiger partial charge in [-0.15, -0.1) is 0 Å². The summed E-state index contributed by atoms with van der Waals surface area (Å²) in [4.78, 5) is 0. The van der Waals surface area contributed by atoms with E-state index in [0.717, 1.165) is 0 Å². The number of hydrogen-bond donors (Lipinski definition) is 0. The molecule has 0 aliphatic rings. The Bertz CT molecular complexity index is 1210. The van der Waals surface area contributed by atoms with Crippen LogP contribution in [0.4, 0.5) is 0 Å². The molecule has 0 bridgehead atoms. The Morgan fingerprint density at radius 1 is 0.452 bits per heavy atom. The molecule has 0 saturated carbocycles. The predicted octanol–water partition coefficient (Wildman–Crippen LogP) is 5.46. The summed E-state index contributed by atoms with van der Waals surface area (Å²) < 4.78 is 27.0. The van der Waals surface area contributed by atoms with Crippen LogP contribution in [0.1, 0.15) is 0 Å². The smallest absolute Gasteiger partial charge is 0.0696 e. The minimum atomic E-state index is 0. The molecule has 2 aromatic heterocycles. The number of rotatable bonds is 2. The van der Waals surface area contributed by atoms with E-state index in [0.29, 0.717) is 0 Å². The van der Waals surface area contributed by atoms with Gasteiger partial charge < -0.3 is 9.13 Å². The van der Waals surface area contributed by atoms with Gasteiger partial charge in [-0.3, -0.25) is 0 Å². The van der Waals surface area contributed by atoms with Crippen molar-refractivity contribution < 1.29 is 31.3 Å². The van der Waals surface area contributed by atoms with Gasteiger partial charge in [0, 0.05) is 29.8 Å². The van der Waals surface area contributed by atoms with Crippen LogP contribution in [0.5, 0.6) is 0 Å². The molecule has 0 unspecified atom stereocenters. The normalized spacial score (nSPS) is 8.97. The Labute approximate surface area is 190 Å². The van der Waals surface area contributed by atoms with Crippen molar-refractivity contribution >= 4 is 21.8 Å². The van der Waals surface area contributed by atoms with E-state index in [1.54, 1.807) is 0 Å². The molecule has 0 fully saturated rings. The van der Waals surface area contributed by atoms with Crippen LogP contribution in [-0.4, -0.2) is 9.13 Å². The van der Waals surface area contributed by atoms with E-state index in [1.807, 2.05) is 0 Å². The number of aromatic nitrogens is 2. The van der Waals surface area contributed by atoms with Gasteiger partial charge in [0.1, 0.15) is 0 Å². The molecule has 0 amide bonds. The third kappa shape index (κ3) is 5.16. The van der Waals surface area contributed by atoms with Crippen LogP contribution in [0.3, 0.4) is 0 Å². The van der Waals surface area contributed by atoms with E-state index < -0.39 is 0 Å². The maximum Gasteiger partial charge on any atom is 0.0696 e. The second-order valence-electron chi connectivity index (χ2n) is 5.98. The Morgan fingerprint density at radius 2 is 0.774 bits per heavy atom. The van der Waals surface area contributed by atoms with Gasteiger partial charge in [-0.25, -0.2) is 0 Å². The van der Waals surface area contributed by atoms with Gasteiger partial charge in [-0.1, -0.05) is 48.5 Å². The molecule has 0 spiro atoms. The van der Waals surface area contributed by atoms with Crippen LogP contribution in [0.2, 0.25) is 0 Å². The Balaban J connectivity index is 0.000000636. The summed E-state index contributed by atoms with van der Waals surface area (Å²) in [7, 11) is 0. The fourth-order valence-corrected chi connectivity index (χ4v) is 3.46. The molecule has 31 heavy (non-hydrogen) atoms. The van der Waals surface area contributed by atoms with Crippen molar-refractivity contribution in [1.29, 1.82) is 0 Å². The third-order valence-corrected chi connectivity index (χ3v) is 4.60. The molecule has 0 N–H and O–H groups in total. The van der Waals surface area contributed by atoms with E-state index >= 15 is 0 Å². The van der Waals surface area contributed by atoms with E-state index in [-0.39, 0.29) is 17.4 Å². The molecule has 5 aromatic rings. The van der Waals surface area contributed by atoms with Crippen molar-refractivity contribution in [2.75, 3.05) is 0 Å². The summed E-state index contributed by atoms with van der Waals surface area (Å²) >= 11 is 0. The summed E-state index contributed by atoms with van der Waals surface area (Å²) in [5.41, 5.74) is 4.81. The van der Waals surface area contributed by atoms with Gasteiger partial charge in [0.2, 0.25) is 0 Å². The third-order valence-electron chi connectivity index (χ3n) is 4.60. The van der Waals surface area contributed by atoms with Crippen LogP contribution in [0.15, 0.2) is 97.3 Å². The monoisotopic (exact) mass is 444 g/mol. The summed E-state index contributed by atoms with van der Waals surface area (Å²) in [6.45, 7) is 13.5. The summed E-state index contributed by atoms with van der Waals surface area (Å²) in [5.74, 6) is 0. The van der Waals surface area contributed by atoms with Crippen molar-refractivity contribution in [3.8, 4) is 11.4 Å². The molecular formula is C25H16CrN2O3. The maximum atomic E-state index is 7.50. The molecular weight excluding hydrogens is 428 g/mol. The van der Waals surface area contributed by atoms with Crippen molar-refractivity contribution in [2.45, 2.75) is 0 Å². The fraction of sp³-hybridized carbons (Fsp3) is 0. The van der Waals surface area contributed by atoms with Gasteiger partial charge in [0.15, 0.2) is 0 Å². The zero-order valence-electron chi connectivity index (χ0n) is 16.3. The molecule has 3 aromatic carbocycles. The number of benzene rings is 3. The first-order valence-corrected chi connectivity index (χ1v) is 8.75. The molecule has 0 atom stereocenters. The molecule has 0 saturated heterocycles. The Morgan fingerprint density at radius 3 is 1.16 bits per heavy atom. The average Bonchev–Trinajstić information content (AvgIpc) is 3.47. The first-order chi connectivity index (χ1) is 14.9. The molecule has 0 radical (unpaired) electrons. The van der Waals surface area contributed by atoms with Crippen LogP contribution in [-0.2, 0) is 31.3 Å². The predicted molar refractivity (Wildman–Crippen MR) is 112 cm³/mol. The second-order valence-corrected chi connectivity index (χ2v) is 5.98. The van der Waals surface area contributed by atoms with Gasteiger partial charge in [-0.05, 0) is 47.2 Å². The van der Waals surface area contributed by atoms with Crippen molar-refractivity contribution in [3.05, 3.63) is 117 Å². The molecule has 0 aliphatic heterocycles. The number of para-hydroxylation sites is 4. The minimum absolute atomic E-state index is 0. The SMILES string of the molecule is [C-]#[O+].[C-]#[O+].[C-]#[O+].[Cr].c1ccc(-n2ccc3ccccc32)c(-n2ccc3ccccc32)c1. The zero-order chi connectivity index (χ0) is 21.9. The number of nitrogens with zero attached hydrogens (tertiary/aromatic N) is 2. The topological polar surface area (TPSA) is 69.6 Å². The molecule has 0 aliphatic carbocycles. The van der Waals surface area contributed by atoms with Gasteiger partial charge in [0.25, 0.3) is 0 Å². The van der Waals surface area contributed by atoms with Crippen LogP contribution < -0.4 is 0 Å². The molecule has 6 heteroatoms. The first-order valence-electron chi connectivity index (χ1n) is 8.75. The second kappa shape index (κ2) is 12.9. The van der Waals surface area contributed by atoms with Crippen LogP contribution in [0.25, 0.3) is 33.2 Å². The Hall–Kier alpha value is -3.51. The van der Waals surface area contributed by atoms with E-state index in [4.69, 9.17) is 14.0 Å². The zero-order valence-corrected chi connectivity index (χ0v) is 17.5. The van der Waals surface area contributed by atoms with Crippen molar-refractivity contribution in [3.63, 3.8) is 0 Å². The number of hydrogen-bond acceptors (Lipinski definition) is 0. The molecule has 5 rings (SSSR count). The molecule has 150 valence electrons. The van der Waals surface area contributed by atoms with Crippen LogP contribution >= 0.6 is 0 Å². The molecule has 5 nitrogen and oxygen atoms in total. The van der Waals surface area contributed by atoms with E-state index in [9.17, 15) is 0 Å². The fourth-order valence-electron chi connectivity index (χ4n) is 3.46. The first kappa shape index (κ1) is 25.5. The maximum absolute atomic E-state index is 7.50. The van der Waals surface area contributed by atoms with Crippen molar-refractivity contribution in [2.24, 2.45) is 0 Å². The van der Waals surface area contributed by atoms with Gasteiger partial charge >= 0.3 is 33.9 Å². The summed E-state index contributed by atoms with van der Waals surface area (Å²) in [6.07, 6.45) is 4.30. The molecule has 2 heterocycles.